The predicted molar refractivity (Wildman–Crippen MR) is 35.9 cm³/mol. The fraction of sp³-hybridized carbons (Fsp3) is 1.00. The molecule has 0 bridgehead atoms. The van der Waals surface area contributed by atoms with Crippen molar-refractivity contribution in [2.75, 3.05) is 6.54 Å². The maximum absolute atomic E-state index is 3.35. The molecule has 1 saturated heterocycles. The minimum Gasteiger partial charge on any atom is -0.313 e. The molecule has 8 heavy (non-hydrogen) atoms. The SMILES string of the molecule is CCC1(C)CN[C@@H]1C. The average molecular weight is 113 g/mol. The first-order valence-electron chi connectivity index (χ1n) is 3.42. The minimum absolute atomic E-state index is 0.611. The molecule has 0 radical (unpaired) electrons. The Morgan fingerprint density at radius 2 is 2.38 bits per heavy atom. The van der Waals surface area contributed by atoms with E-state index in [2.05, 4.69) is 26.1 Å². The van der Waals surface area contributed by atoms with E-state index in [1.54, 1.807) is 0 Å². The van der Waals surface area contributed by atoms with Gasteiger partial charge in [0.15, 0.2) is 0 Å². The highest BCUT2D eigenvalue weighted by molar-refractivity contribution is 4.94. The van der Waals surface area contributed by atoms with Gasteiger partial charge in [0.25, 0.3) is 0 Å². The topological polar surface area (TPSA) is 12.0 Å². The van der Waals surface area contributed by atoms with E-state index >= 15 is 0 Å². The number of hydrogen-bond acceptors (Lipinski definition) is 1. The highest BCUT2D eigenvalue weighted by Gasteiger charge is 2.36. The molecule has 0 saturated carbocycles. The third-order valence-electron chi connectivity index (χ3n) is 2.67. The zero-order valence-corrected chi connectivity index (χ0v) is 5.99. The third kappa shape index (κ3) is 0.655. The molecule has 1 nitrogen and oxygen atoms in total. The second-order valence-corrected chi connectivity index (χ2v) is 3.11. The molecule has 0 aliphatic carbocycles. The zero-order chi connectivity index (χ0) is 6.20. The summed E-state index contributed by atoms with van der Waals surface area (Å²) in [5, 5.41) is 3.35. The summed E-state index contributed by atoms with van der Waals surface area (Å²) in [6.45, 7) is 8.07. The first-order valence-corrected chi connectivity index (χ1v) is 3.42. The molecular formula is C7H15N. The van der Waals surface area contributed by atoms with Crippen LogP contribution < -0.4 is 5.32 Å². The molecule has 48 valence electrons. The van der Waals surface area contributed by atoms with Gasteiger partial charge in [0.05, 0.1) is 0 Å². The Kier molecular flexibility index (Phi) is 1.31. The first-order chi connectivity index (χ1) is 3.69. The molecule has 1 N–H and O–H groups in total. The lowest BCUT2D eigenvalue weighted by molar-refractivity contribution is 0.113. The summed E-state index contributed by atoms with van der Waals surface area (Å²) >= 11 is 0. The van der Waals surface area contributed by atoms with Crippen LogP contribution in [0.1, 0.15) is 27.2 Å². The smallest absolute Gasteiger partial charge is 0.0105 e. The minimum atomic E-state index is 0.611. The molecule has 0 aromatic heterocycles. The van der Waals surface area contributed by atoms with Gasteiger partial charge < -0.3 is 5.32 Å². The number of rotatable bonds is 1. The van der Waals surface area contributed by atoms with Gasteiger partial charge in [-0.1, -0.05) is 13.8 Å². The van der Waals surface area contributed by atoms with Gasteiger partial charge >= 0.3 is 0 Å². The van der Waals surface area contributed by atoms with Crippen LogP contribution in [0.5, 0.6) is 0 Å². The van der Waals surface area contributed by atoms with Gasteiger partial charge in [0.1, 0.15) is 0 Å². The number of hydrogen-bond donors (Lipinski definition) is 1. The summed E-state index contributed by atoms with van der Waals surface area (Å²) in [6.07, 6.45) is 1.31. The van der Waals surface area contributed by atoms with E-state index in [1.165, 1.54) is 13.0 Å². The van der Waals surface area contributed by atoms with E-state index in [0.29, 0.717) is 5.41 Å². The van der Waals surface area contributed by atoms with Gasteiger partial charge in [-0.15, -0.1) is 0 Å². The largest absolute Gasteiger partial charge is 0.313 e. The van der Waals surface area contributed by atoms with Gasteiger partial charge in [-0.3, -0.25) is 0 Å². The van der Waals surface area contributed by atoms with E-state index < -0.39 is 0 Å². The van der Waals surface area contributed by atoms with Crippen molar-refractivity contribution >= 4 is 0 Å². The van der Waals surface area contributed by atoms with E-state index in [9.17, 15) is 0 Å². The van der Waals surface area contributed by atoms with Gasteiger partial charge in [-0.2, -0.15) is 0 Å². The lowest BCUT2D eigenvalue weighted by atomic mass is 9.74. The zero-order valence-electron chi connectivity index (χ0n) is 5.99. The molecule has 1 aliphatic heterocycles. The molecule has 0 aromatic rings. The van der Waals surface area contributed by atoms with Gasteiger partial charge in [0, 0.05) is 12.6 Å². The third-order valence-corrected chi connectivity index (χ3v) is 2.67. The second kappa shape index (κ2) is 1.73. The van der Waals surface area contributed by atoms with Crippen molar-refractivity contribution in [3.05, 3.63) is 0 Å². The summed E-state index contributed by atoms with van der Waals surface area (Å²) in [7, 11) is 0. The molecular weight excluding hydrogens is 98.1 g/mol. The molecule has 1 heterocycles. The molecule has 2 atom stereocenters. The van der Waals surface area contributed by atoms with E-state index in [1.807, 2.05) is 0 Å². The highest BCUT2D eigenvalue weighted by atomic mass is 15.0. The van der Waals surface area contributed by atoms with Crippen LogP contribution >= 0.6 is 0 Å². The molecule has 1 heteroatoms. The van der Waals surface area contributed by atoms with Crippen LogP contribution in [0.4, 0.5) is 0 Å². The summed E-state index contributed by atoms with van der Waals surface area (Å²) in [5.74, 6) is 0. The predicted octanol–water partition coefficient (Wildman–Crippen LogP) is 1.39. The van der Waals surface area contributed by atoms with E-state index in [-0.39, 0.29) is 0 Å². The van der Waals surface area contributed by atoms with Crippen LogP contribution in [-0.2, 0) is 0 Å². The average Bonchev–Trinajstić information content (AvgIpc) is 1.83. The van der Waals surface area contributed by atoms with Crippen molar-refractivity contribution in [1.29, 1.82) is 0 Å². The number of nitrogens with one attached hydrogen (secondary N) is 1. The Hall–Kier alpha value is -0.0400. The van der Waals surface area contributed by atoms with E-state index in [0.717, 1.165) is 6.04 Å². The fourth-order valence-electron chi connectivity index (χ4n) is 1.09. The lowest BCUT2D eigenvalue weighted by Crippen LogP contribution is -2.58. The van der Waals surface area contributed by atoms with Gasteiger partial charge in [-0.05, 0) is 18.8 Å². The maximum atomic E-state index is 3.35. The van der Waals surface area contributed by atoms with Crippen molar-refractivity contribution in [3.8, 4) is 0 Å². The fourth-order valence-corrected chi connectivity index (χ4v) is 1.09. The molecule has 0 amide bonds. The normalized spacial score (nSPS) is 46.1. The van der Waals surface area contributed by atoms with Crippen LogP contribution in [0.15, 0.2) is 0 Å². The highest BCUT2D eigenvalue weighted by Crippen LogP contribution is 2.31. The quantitative estimate of drug-likeness (QED) is 0.542. The van der Waals surface area contributed by atoms with Crippen LogP contribution in [0, 0.1) is 5.41 Å². The molecule has 0 aromatic carbocycles. The standard InChI is InChI=1S/C7H15N/c1-4-7(3)5-8-6(7)2/h6,8H,4-5H2,1-3H3/t6-,7?/m1/s1. The summed E-state index contributed by atoms with van der Waals surface area (Å²) in [6, 6.07) is 0.743. The summed E-state index contributed by atoms with van der Waals surface area (Å²) in [5.41, 5.74) is 0.611. The van der Waals surface area contributed by atoms with Crippen molar-refractivity contribution < 1.29 is 0 Å². The second-order valence-electron chi connectivity index (χ2n) is 3.11. The summed E-state index contributed by atoms with van der Waals surface area (Å²) < 4.78 is 0. The van der Waals surface area contributed by atoms with E-state index in [4.69, 9.17) is 0 Å². The van der Waals surface area contributed by atoms with Crippen molar-refractivity contribution in [2.45, 2.75) is 33.2 Å². The molecule has 1 unspecified atom stereocenters. The molecule has 1 rings (SSSR count). The van der Waals surface area contributed by atoms with Crippen LogP contribution in [0.3, 0.4) is 0 Å². The Labute approximate surface area is 51.5 Å². The first kappa shape index (κ1) is 6.09. The van der Waals surface area contributed by atoms with Crippen LogP contribution in [-0.4, -0.2) is 12.6 Å². The Morgan fingerprint density at radius 3 is 2.38 bits per heavy atom. The lowest BCUT2D eigenvalue weighted by Gasteiger charge is -2.46. The molecule has 1 aliphatic rings. The Bertz CT molecular complexity index is 86.4. The molecule has 1 fully saturated rings. The van der Waals surface area contributed by atoms with Gasteiger partial charge in [-0.25, -0.2) is 0 Å². The van der Waals surface area contributed by atoms with Crippen LogP contribution in [0.2, 0.25) is 0 Å². The Balaban J connectivity index is 2.42. The molecule has 0 spiro atoms. The van der Waals surface area contributed by atoms with Crippen molar-refractivity contribution in [1.82, 2.24) is 5.32 Å². The maximum Gasteiger partial charge on any atom is 0.0105 e. The van der Waals surface area contributed by atoms with Gasteiger partial charge in [0.2, 0.25) is 0 Å². The van der Waals surface area contributed by atoms with Crippen LogP contribution in [0.25, 0.3) is 0 Å². The monoisotopic (exact) mass is 113 g/mol. The Morgan fingerprint density at radius 1 is 1.75 bits per heavy atom. The van der Waals surface area contributed by atoms with Crippen molar-refractivity contribution in [2.24, 2.45) is 5.41 Å². The van der Waals surface area contributed by atoms with Crippen molar-refractivity contribution in [3.63, 3.8) is 0 Å². The summed E-state index contributed by atoms with van der Waals surface area (Å²) in [4.78, 5) is 0.